The van der Waals surface area contributed by atoms with E-state index in [2.05, 4.69) is 16.8 Å². The van der Waals surface area contributed by atoms with Crippen LogP contribution in [-0.2, 0) is 9.84 Å². The fourth-order valence-electron chi connectivity index (χ4n) is 2.94. The van der Waals surface area contributed by atoms with Crippen molar-refractivity contribution >= 4 is 39.8 Å². The number of rotatable bonds is 3. The number of guanidine groups is 1. The second-order valence-electron chi connectivity index (χ2n) is 6.18. The summed E-state index contributed by atoms with van der Waals surface area (Å²) in [7, 11) is -3.05. The van der Waals surface area contributed by atoms with E-state index in [1.165, 1.54) is 12.7 Å². The molecule has 1 saturated carbocycles. The van der Waals surface area contributed by atoms with Gasteiger partial charge in [0.1, 0.15) is 0 Å². The van der Waals surface area contributed by atoms with Gasteiger partial charge in [0.05, 0.1) is 11.3 Å². The summed E-state index contributed by atoms with van der Waals surface area (Å²) in [6.45, 7) is 4.40. The molecule has 1 heterocycles. The molecule has 2 aliphatic rings. The molecule has 0 bridgehead atoms. The van der Waals surface area contributed by atoms with Gasteiger partial charge in [-0.2, -0.15) is 0 Å². The van der Waals surface area contributed by atoms with E-state index in [-0.39, 0.29) is 24.0 Å². The van der Waals surface area contributed by atoms with Gasteiger partial charge in [0.25, 0.3) is 0 Å². The highest BCUT2D eigenvalue weighted by molar-refractivity contribution is 14.0. The number of aliphatic imine (C=N–C) groups is 1. The molecule has 5 nitrogen and oxygen atoms in total. The molecular weight excluding hydrogens is 389 g/mol. The zero-order valence-corrected chi connectivity index (χ0v) is 15.5. The van der Waals surface area contributed by atoms with E-state index in [0.717, 1.165) is 38.8 Å². The highest BCUT2D eigenvalue weighted by Crippen LogP contribution is 2.39. The summed E-state index contributed by atoms with van der Waals surface area (Å²) < 4.78 is 23.1. The molecular formula is C13H26IN3O2S. The van der Waals surface area contributed by atoms with Crippen LogP contribution in [0.3, 0.4) is 0 Å². The number of likely N-dealkylation sites (tertiary alicyclic amines) is 1. The summed E-state index contributed by atoms with van der Waals surface area (Å²) in [5.41, 5.74) is 6.02. The van der Waals surface area contributed by atoms with Gasteiger partial charge < -0.3 is 10.6 Å². The molecule has 118 valence electrons. The normalized spacial score (nSPS) is 26.6. The minimum Gasteiger partial charge on any atom is -0.370 e. The molecule has 1 atom stereocenters. The first-order valence-corrected chi connectivity index (χ1v) is 8.98. The molecule has 1 aliphatic heterocycles. The van der Waals surface area contributed by atoms with E-state index in [9.17, 15) is 8.42 Å². The molecule has 0 aromatic carbocycles. The van der Waals surface area contributed by atoms with Gasteiger partial charge in [0, 0.05) is 19.3 Å². The van der Waals surface area contributed by atoms with E-state index in [1.54, 1.807) is 0 Å². The predicted molar refractivity (Wildman–Crippen MR) is 93.3 cm³/mol. The monoisotopic (exact) mass is 415 g/mol. The first-order chi connectivity index (χ1) is 8.84. The molecule has 0 aromatic heterocycles. The van der Waals surface area contributed by atoms with Crippen LogP contribution in [0.2, 0.25) is 0 Å². The lowest BCUT2D eigenvalue weighted by molar-refractivity contribution is 0.268. The number of piperidine rings is 1. The lowest BCUT2D eigenvalue weighted by atomic mass is 9.84. The average molecular weight is 415 g/mol. The number of halogens is 1. The van der Waals surface area contributed by atoms with Crippen molar-refractivity contribution in [2.75, 3.05) is 25.9 Å². The quantitative estimate of drug-likeness (QED) is 0.432. The van der Waals surface area contributed by atoms with Crippen LogP contribution < -0.4 is 5.73 Å². The molecule has 1 saturated heterocycles. The summed E-state index contributed by atoms with van der Waals surface area (Å²) in [5.74, 6) is 1.15. The SMILES string of the molecule is CC1CCCN(C(N)=NCC2(S(C)(=O)=O)CCC2)C1.I. The number of nitrogens with zero attached hydrogens (tertiary/aromatic N) is 2. The minimum atomic E-state index is -3.05. The Morgan fingerprint density at radius 1 is 1.40 bits per heavy atom. The predicted octanol–water partition coefficient (Wildman–Crippen LogP) is 1.62. The third kappa shape index (κ3) is 3.78. The van der Waals surface area contributed by atoms with E-state index in [4.69, 9.17) is 5.73 Å². The Kier molecular flexibility index (Phi) is 6.13. The van der Waals surface area contributed by atoms with E-state index < -0.39 is 14.6 Å². The molecule has 20 heavy (non-hydrogen) atoms. The van der Waals surface area contributed by atoms with Crippen molar-refractivity contribution in [3.05, 3.63) is 0 Å². The Hall–Kier alpha value is -0.0500. The Labute approximate surface area is 139 Å². The van der Waals surface area contributed by atoms with Crippen LogP contribution in [0.5, 0.6) is 0 Å². The summed E-state index contributed by atoms with van der Waals surface area (Å²) in [4.78, 5) is 6.47. The smallest absolute Gasteiger partial charge is 0.191 e. The van der Waals surface area contributed by atoms with E-state index in [0.29, 0.717) is 18.4 Å². The van der Waals surface area contributed by atoms with Crippen molar-refractivity contribution in [1.82, 2.24) is 4.90 Å². The Bertz CT molecular complexity index is 460. The fourth-order valence-corrected chi connectivity index (χ4v) is 4.27. The second kappa shape index (κ2) is 6.81. The molecule has 2 fully saturated rings. The maximum Gasteiger partial charge on any atom is 0.191 e. The van der Waals surface area contributed by atoms with Crippen molar-refractivity contribution in [2.45, 2.75) is 43.8 Å². The summed E-state index contributed by atoms with van der Waals surface area (Å²) in [6, 6.07) is 0. The standard InChI is InChI=1S/C13H25N3O2S.HI/c1-11-5-3-8-16(9-11)12(14)15-10-13(6-4-7-13)19(2,17)18;/h11H,3-10H2,1-2H3,(H2,14,15);1H. The van der Waals surface area contributed by atoms with Crippen LogP contribution in [-0.4, -0.2) is 49.9 Å². The van der Waals surface area contributed by atoms with Crippen molar-refractivity contribution < 1.29 is 8.42 Å². The molecule has 0 radical (unpaired) electrons. The molecule has 7 heteroatoms. The molecule has 2 N–H and O–H groups in total. The molecule has 0 aromatic rings. The Morgan fingerprint density at radius 3 is 2.50 bits per heavy atom. The van der Waals surface area contributed by atoms with Crippen molar-refractivity contribution in [2.24, 2.45) is 16.6 Å². The first-order valence-electron chi connectivity index (χ1n) is 7.08. The van der Waals surface area contributed by atoms with E-state index >= 15 is 0 Å². The molecule has 0 spiro atoms. The maximum atomic E-state index is 11.9. The van der Waals surface area contributed by atoms with Gasteiger partial charge in [0.15, 0.2) is 15.8 Å². The molecule has 2 rings (SSSR count). The topological polar surface area (TPSA) is 75.8 Å². The van der Waals surface area contributed by atoms with Gasteiger partial charge in [-0.3, -0.25) is 4.99 Å². The summed E-state index contributed by atoms with van der Waals surface area (Å²) in [6.07, 6.45) is 6.10. The lowest BCUT2D eigenvalue weighted by Gasteiger charge is -2.39. The third-order valence-electron chi connectivity index (χ3n) is 4.56. The first kappa shape index (κ1) is 18.0. The third-order valence-corrected chi connectivity index (χ3v) is 6.67. The number of nitrogens with two attached hydrogens (primary N) is 1. The van der Waals surface area contributed by atoms with Crippen LogP contribution in [0.4, 0.5) is 0 Å². The summed E-state index contributed by atoms with van der Waals surface area (Å²) in [5, 5.41) is 0. The Balaban J connectivity index is 0.00000200. The zero-order chi connectivity index (χ0) is 14.1. The molecule has 1 unspecified atom stereocenters. The van der Waals surface area contributed by atoms with Gasteiger partial charge in [-0.25, -0.2) is 8.42 Å². The van der Waals surface area contributed by atoms with Gasteiger partial charge in [-0.05, 0) is 31.6 Å². The van der Waals surface area contributed by atoms with Crippen molar-refractivity contribution in [3.63, 3.8) is 0 Å². The number of sulfone groups is 1. The van der Waals surface area contributed by atoms with Crippen LogP contribution in [0.1, 0.15) is 39.0 Å². The number of hydrogen-bond donors (Lipinski definition) is 1. The van der Waals surface area contributed by atoms with Crippen LogP contribution in [0.25, 0.3) is 0 Å². The summed E-state index contributed by atoms with van der Waals surface area (Å²) >= 11 is 0. The molecule has 1 aliphatic carbocycles. The van der Waals surface area contributed by atoms with Crippen molar-refractivity contribution in [1.29, 1.82) is 0 Å². The zero-order valence-electron chi connectivity index (χ0n) is 12.3. The second-order valence-corrected chi connectivity index (χ2v) is 8.59. The van der Waals surface area contributed by atoms with Gasteiger partial charge in [-0.1, -0.05) is 13.3 Å². The fraction of sp³-hybridized carbons (Fsp3) is 0.923. The van der Waals surface area contributed by atoms with Crippen LogP contribution in [0, 0.1) is 5.92 Å². The highest BCUT2D eigenvalue weighted by atomic mass is 127. The van der Waals surface area contributed by atoms with Crippen molar-refractivity contribution in [3.8, 4) is 0 Å². The van der Waals surface area contributed by atoms with Gasteiger partial charge in [0.2, 0.25) is 0 Å². The van der Waals surface area contributed by atoms with Gasteiger partial charge in [-0.15, -0.1) is 24.0 Å². The lowest BCUT2D eigenvalue weighted by Crippen LogP contribution is -2.49. The average Bonchev–Trinajstić information content (AvgIpc) is 2.25. The van der Waals surface area contributed by atoms with E-state index in [1.807, 2.05) is 0 Å². The van der Waals surface area contributed by atoms with Crippen LogP contribution in [0.15, 0.2) is 4.99 Å². The maximum absolute atomic E-state index is 11.9. The van der Waals surface area contributed by atoms with Crippen LogP contribution >= 0.6 is 24.0 Å². The largest absolute Gasteiger partial charge is 0.370 e. The minimum absolute atomic E-state index is 0. The molecule has 0 amide bonds. The highest BCUT2D eigenvalue weighted by Gasteiger charge is 2.46. The van der Waals surface area contributed by atoms with Gasteiger partial charge >= 0.3 is 0 Å². The number of hydrogen-bond acceptors (Lipinski definition) is 3. The Morgan fingerprint density at radius 2 is 2.05 bits per heavy atom.